The van der Waals surface area contributed by atoms with Crippen molar-refractivity contribution < 1.29 is 9.53 Å². The monoisotopic (exact) mass is 444 g/mol. The zero-order valence-corrected chi connectivity index (χ0v) is 19.6. The summed E-state index contributed by atoms with van der Waals surface area (Å²) in [6.07, 6.45) is 4.41. The second-order valence-corrected chi connectivity index (χ2v) is 9.67. The first-order chi connectivity index (χ1) is 16.0. The third-order valence-corrected chi connectivity index (χ3v) is 6.98. The van der Waals surface area contributed by atoms with E-state index in [4.69, 9.17) is 4.74 Å². The molecule has 0 bridgehead atoms. The second kappa shape index (κ2) is 8.67. The highest BCUT2D eigenvalue weighted by atomic mass is 16.5. The van der Waals surface area contributed by atoms with Crippen LogP contribution >= 0.6 is 0 Å². The largest absolute Gasteiger partial charge is 0.487 e. The Bertz CT molecular complexity index is 1130. The third-order valence-electron chi connectivity index (χ3n) is 6.98. The molecule has 3 aromatic rings. The number of carbonyl (C=O) groups is 1. The average molecular weight is 445 g/mol. The summed E-state index contributed by atoms with van der Waals surface area (Å²) in [4.78, 5) is 16.0. The molecule has 0 saturated carbocycles. The van der Waals surface area contributed by atoms with E-state index in [1.165, 1.54) is 0 Å². The van der Waals surface area contributed by atoms with Crippen molar-refractivity contribution in [1.29, 1.82) is 0 Å². The first-order valence-electron chi connectivity index (χ1n) is 11.9. The molecule has 1 aromatic heterocycles. The highest BCUT2D eigenvalue weighted by molar-refractivity contribution is 6.00. The predicted molar refractivity (Wildman–Crippen MR) is 129 cm³/mol. The van der Waals surface area contributed by atoms with Crippen LogP contribution in [-0.4, -0.2) is 46.3 Å². The molecule has 1 atom stereocenters. The molecule has 1 unspecified atom stereocenters. The van der Waals surface area contributed by atoms with Crippen molar-refractivity contribution in [3.05, 3.63) is 71.9 Å². The van der Waals surface area contributed by atoms with Crippen molar-refractivity contribution in [2.24, 2.45) is 0 Å². The molecule has 0 aliphatic carbocycles. The van der Waals surface area contributed by atoms with Gasteiger partial charge in [-0.3, -0.25) is 9.48 Å². The molecule has 2 aliphatic heterocycles. The maximum atomic E-state index is 13.7. The Hall–Kier alpha value is -3.12. The summed E-state index contributed by atoms with van der Waals surface area (Å²) in [7, 11) is 2.15. The summed E-state index contributed by atoms with van der Waals surface area (Å²) in [6.45, 7) is 6.17. The van der Waals surface area contributed by atoms with Gasteiger partial charge in [-0.05, 0) is 39.8 Å². The van der Waals surface area contributed by atoms with E-state index in [0.29, 0.717) is 5.56 Å². The minimum Gasteiger partial charge on any atom is -0.487 e. The summed E-state index contributed by atoms with van der Waals surface area (Å²) < 4.78 is 8.49. The lowest BCUT2D eigenvalue weighted by Gasteiger charge is -2.46. The van der Waals surface area contributed by atoms with Gasteiger partial charge in [0.15, 0.2) is 0 Å². The number of carbonyl (C=O) groups excluding carboxylic acids is 1. The molecule has 2 aliphatic rings. The fourth-order valence-corrected chi connectivity index (χ4v) is 5.12. The van der Waals surface area contributed by atoms with Gasteiger partial charge in [-0.25, -0.2) is 0 Å². The number of hydrogen-bond donors (Lipinski definition) is 1. The molecule has 3 heterocycles. The Morgan fingerprint density at radius 2 is 1.79 bits per heavy atom. The van der Waals surface area contributed by atoms with Crippen LogP contribution in [0.15, 0.2) is 60.8 Å². The van der Waals surface area contributed by atoms with Crippen LogP contribution in [0.25, 0.3) is 11.3 Å². The Balaban J connectivity index is 1.47. The van der Waals surface area contributed by atoms with Crippen molar-refractivity contribution in [3.63, 3.8) is 0 Å². The first kappa shape index (κ1) is 21.7. The predicted octanol–water partition coefficient (Wildman–Crippen LogP) is 4.85. The number of fused-ring (bicyclic) bond motifs is 1. The van der Waals surface area contributed by atoms with Crippen molar-refractivity contribution >= 4 is 5.91 Å². The van der Waals surface area contributed by atoms with E-state index in [1.54, 1.807) is 6.20 Å². The number of piperidine rings is 1. The maximum absolute atomic E-state index is 13.7. The molecule has 1 N–H and O–H groups in total. The molecular formula is C27H32N4O2. The van der Waals surface area contributed by atoms with Crippen LogP contribution in [0.2, 0.25) is 0 Å². The molecule has 6 nitrogen and oxygen atoms in total. The molecule has 5 rings (SSSR count). The molecule has 2 aromatic carbocycles. The molecular weight excluding hydrogens is 412 g/mol. The standard InChI is InChI=1S/C27H32N4O2/c1-19(2)31-25(20-9-5-4-6-10-20)22(18-28-31)26(32)29-23-17-27(13-15-30(3)16-14-27)33-24-12-8-7-11-21(23)24/h4-12,18-19,23H,13-17H2,1-3H3,(H,29,32). The van der Waals surface area contributed by atoms with E-state index >= 15 is 0 Å². The van der Waals surface area contributed by atoms with Gasteiger partial charge in [0.1, 0.15) is 11.4 Å². The average Bonchev–Trinajstić information content (AvgIpc) is 3.28. The number of benzene rings is 2. The van der Waals surface area contributed by atoms with Crippen LogP contribution in [0, 0.1) is 0 Å². The lowest BCUT2D eigenvalue weighted by atomic mass is 9.80. The topological polar surface area (TPSA) is 59.4 Å². The highest BCUT2D eigenvalue weighted by Crippen LogP contribution is 2.44. The minimum absolute atomic E-state index is 0.0921. The number of para-hydroxylation sites is 1. The number of hydrogen-bond acceptors (Lipinski definition) is 4. The van der Waals surface area contributed by atoms with Crippen molar-refractivity contribution in [1.82, 2.24) is 20.0 Å². The number of ether oxygens (including phenoxy) is 1. The van der Waals surface area contributed by atoms with E-state index in [-0.39, 0.29) is 23.6 Å². The maximum Gasteiger partial charge on any atom is 0.255 e. The normalized spacial score (nSPS) is 19.8. The van der Waals surface area contributed by atoms with Crippen LogP contribution in [0.4, 0.5) is 0 Å². The number of aromatic nitrogens is 2. The summed E-state index contributed by atoms with van der Waals surface area (Å²) in [5, 5.41) is 7.92. The fourth-order valence-electron chi connectivity index (χ4n) is 5.12. The SMILES string of the molecule is CC(C)n1ncc(C(=O)NC2CC3(CCN(C)CC3)Oc3ccccc32)c1-c1ccccc1. The summed E-state index contributed by atoms with van der Waals surface area (Å²) >= 11 is 0. The van der Waals surface area contributed by atoms with Gasteiger partial charge >= 0.3 is 0 Å². The molecule has 0 radical (unpaired) electrons. The Morgan fingerprint density at radius 1 is 1.09 bits per heavy atom. The highest BCUT2D eigenvalue weighted by Gasteiger charge is 2.43. The summed E-state index contributed by atoms with van der Waals surface area (Å²) in [5.41, 5.74) is 3.28. The van der Waals surface area contributed by atoms with Gasteiger partial charge in [0.25, 0.3) is 5.91 Å². The van der Waals surface area contributed by atoms with E-state index in [9.17, 15) is 4.79 Å². The zero-order valence-electron chi connectivity index (χ0n) is 19.6. The van der Waals surface area contributed by atoms with Gasteiger partial charge in [0.05, 0.1) is 23.5 Å². The van der Waals surface area contributed by atoms with Gasteiger partial charge in [-0.15, -0.1) is 0 Å². The molecule has 6 heteroatoms. The van der Waals surface area contributed by atoms with Gasteiger partial charge in [-0.2, -0.15) is 5.10 Å². The van der Waals surface area contributed by atoms with E-state index in [2.05, 4.69) is 42.3 Å². The quantitative estimate of drug-likeness (QED) is 0.625. The van der Waals surface area contributed by atoms with Crippen LogP contribution < -0.4 is 10.1 Å². The lowest BCUT2D eigenvalue weighted by Crippen LogP contribution is -2.51. The number of rotatable bonds is 4. The lowest BCUT2D eigenvalue weighted by molar-refractivity contribution is -0.0195. The van der Waals surface area contributed by atoms with E-state index in [1.807, 2.05) is 53.2 Å². The minimum atomic E-state index is -0.233. The van der Waals surface area contributed by atoms with Crippen LogP contribution in [-0.2, 0) is 0 Å². The van der Waals surface area contributed by atoms with Crippen molar-refractivity contribution in [2.75, 3.05) is 20.1 Å². The van der Waals surface area contributed by atoms with E-state index < -0.39 is 0 Å². The first-order valence-corrected chi connectivity index (χ1v) is 11.9. The molecule has 33 heavy (non-hydrogen) atoms. The molecule has 172 valence electrons. The van der Waals surface area contributed by atoms with E-state index in [0.717, 1.165) is 54.9 Å². The fraction of sp³-hybridized carbons (Fsp3) is 0.407. The van der Waals surface area contributed by atoms with Crippen LogP contribution in [0.1, 0.15) is 61.1 Å². The van der Waals surface area contributed by atoms with Gasteiger partial charge in [-0.1, -0.05) is 48.5 Å². The van der Waals surface area contributed by atoms with Gasteiger partial charge < -0.3 is 15.0 Å². The Labute approximate surface area is 195 Å². The Kier molecular flexibility index (Phi) is 5.71. The second-order valence-electron chi connectivity index (χ2n) is 9.67. The number of likely N-dealkylation sites (tertiary alicyclic amines) is 1. The number of amides is 1. The Morgan fingerprint density at radius 3 is 2.52 bits per heavy atom. The summed E-state index contributed by atoms with van der Waals surface area (Å²) in [6, 6.07) is 18.2. The zero-order chi connectivity index (χ0) is 23.0. The third kappa shape index (κ3) is 4.15. The molecule has 1 amide bonds. The molecule has 1 saturated heterocycles. The van der Waals surface area contributed by atoms with Gasteiger partial charge in [0, 0.05) is 36.7 Å². The molecule has 1 fully saturated rings. The number of nitrogens with zero attached hydrogens (tertiary/aromatic N) is 3. The molecule has 1 spiro atoms. The smallest absolute Gasteiger partial charge is 0.255 e. The van der Waals surface area contributed by atoms with Crippen molar-refractivity contribution in [3.8, 4) is 17.0 Å². The van der Waals surface area contributed by atoms with Crippen molar-refractivity contribution in [2.45, 2.75) is 50.8 Å². The number of nitrogens with one attached hydrogen (secondary N) is 1. The summed E-state index contributed by atoms with van der Waals surface area (Å²) in [5.74, 6) is 0.797. The van der Waals surface area contributed by atoms with Crippen LogP contribution in [0.3, 0.4) is 0 Å². The van der Waals surface area contributed by atoms with Crippen LogP contribution in [0.5, 0.6) is 5.75 Å². The van der Waals surface area contributed by atoms with Gasteiger partial charge in [0.2, 0.25) is 0 Å².